The number of benzene rings is 2. The van der Waals surface area contributed by atoms with Crippen molar-refractivity contribution in [1.82, 2.24) is 24.8 Å². The van der Waals surface area contributed by atoms with Gasteiger partial charge in [-0.1, -0.05) is 29.5 Å². The van der Waals surface area contributed by atoms with E-state index in [2.05, 4.69) is 26.8 Å². The highest BCUT2D eigenvalue weighted by Crippen LogP contribution is 2.42. The summed E-state index contributed by atoms with van der Waals surface area (Å²) >= 11 is 7.59. The molecule has 2 aliphatic heterocycles. The Kier molecular flexibility index (Phi) is 7.12. The van der Waals surface area contributed by atoms with Crippen molar-refractivity contribution >= 4 is 60.9 Å². The van der Waals surface area contributed by atoms with Gasteiger partial charge >= 0.3 is 6.01 Å². The zero-order valence-corrected chi connectivity index (χ0v) is 23.4. The second-order valence-electron chi connectivity index (χ2n) is 10.1. The molecule has 9 nitrogen and oxygen atoms in total. The molecule has 4 aromatic rings. The highest BCUT2D eigenvalue weighted by Gasteiger charge is 2.32. The molecular formula is C27H25ClF3N7O2S. The van der Waals surface area contributed by atoms with Gasteiger partial charge in [0.2, 0.25) is 5.91 Å². The second-order valence-corrected chi connectivity index (χ2v) is 11.6. The Hall–Kier alpha value is -3.68. The third-order valence-corrected chi connectivity index (χ3v) is 8.59. The lowest BCUT2D eigenvalue weighted by atomic mass is 10.0. The minimum absolute atomic E-state index is 0.0211. The first-order valence-corrected chi connectivity index (χ1v) is 14.0. The number of nitrogens with two attached hydrogens (primary N) is 1. The fourth-order valence-electron chi connectivity index (χ4n) is 5.24. The number of carbonyl (C=O) groups is 1. The number of hydrogen-bond donors (Lipinski definition) is 2. The monoisotopic (exact) mass is 603 g/mol. The summed E-state index contributed by atoms with van der Waals surface area (Å²) in [6.45, 7) is 4.69. The number of thiazole rings is 1. The van der Waals surface area contributed by atoms with Gasteiger partial charge in [0.1, 0.15) is 29.9 Å². The Labute approximate surface area is 241 Å². The molecule has 4 heterocycles. The number of nitrogens with one attached hydrogen (secondary N) is 1. The maximum atomic E-state index is 16.4. The number of nitrogens with zero attached hydrogens (tertiary/aromatic N) is 5. The van der Waals surface area contributed by atoms with Crippen LogP contribution in [-0.2, 0) is 4.79 Å². The summed E-state index contributed by atoms with van der Waals surface area (Å²) in [5.74, 6) is -1.24. The highest BCUT2D eigenvalue weighted by molar-refractivity contribution is 7.22. The number of hydrogen-bond acceptors (Lipinski definition) is 9. The van der Waals surface area contributed by atoms with E-state index in [4.69, 9.17) is 22.1 Å². The number of halogens is 4. The Morgan fingerprint density at radius 1 is 1.27 bits per heavy atom. The first-order chi connectivity index (χ1) is 19.6. The van der Waals surface area contributed by atoms with Crippen LogP contribution in [0.25, 0.3) is 32.2 Å². The van der Waals surface area contributed by atoms with E-state index < -0.39 is 17.8 Å². The maximum absolute atomic E-state index is 16.4. The lowest BCUT2D eigenvalue weighted by Crippen LogP contribution is -2.56. The number of ether oxygens (including phenoxy) is 1. The fraction of sp³-hybridized carbons (Fsp3) is 0.333. The quantitative estimate of drug-likeness (QED) is 0.294. The van der Waals surface area contributed by atoms with Gasteiger partial charge in [-0.15, -0.1) is 0 Å². The van der Waals surface area contributed by atoms with Crippen LogP contribution < -0.4 is 15.8 Å². The molecule has 2 aromatic carbocycles. The van der Waals surface area contributed by atoms with E-state index in [1.54, 1.807) is 11.9 Å². The lowest BCUT2D eigenvalue weighted by molar-refractivity contribution is -0.129. The van der Waals surface area contributed by atoms with Crippen LogP contribution in [0.5, 0.6) is 6.01 Å². The van der Waals surface area contributed by atoms with Crippen LogP contribution in [0.4, 0.5) is 24.1 Å². The van der Waals surface area contributed by atoms with Gasteiger partial charge in [0.05, 0.1) is 21.3 Å². The number of alkyl halides is 1. The molecule has 0 radical (unpaired) electrons. The molecule has 14 heteroatoms. The van der Waals surface area contributed by atoms with E-state index in [1.165, 1.54) is 24.3 Å². The molecule has 214 valence electrons. The number of aromatic nitrogens is 3. The maximum Gasteiger partial charge on any atom is 0.319 e. The molecule has 2 unspecified atom stereocenters. The third-order valence-electron chi connectivity index (χ3n) is 7.39. The predicted molar refractivity (Wildman–Crippen MR) is 153 cm³/mol. The molecular weight excluding hydrogens is 579 g/mol. The summed E-state index contributed by atoms with van der Waals surface area (Å²) in [5, 5.41) is 3.69. The van der Waals surface area contributed by atoms with Gasteiger partial charge < -0.3 is 20.7 Å². The predicted octanol–water partition coefficient (Wildman–Crippen LogP) is 4.65. The SMILES string of the molecule is C=CC(=O)N1CC(Nc2nc(OCC3CC(F)CN3C)nc3c(F)c(-c4ccc(F)c5sc(N)nc45)c(Cl)cc23)C1. The molecule has 2 atom stereocenters. The van der Waals surface area contributed by atoms with Crippen LogP contribution in [0.2, 0.25) is 5.02 Å². The first kappa shape index (κ1) is 27.5. The number of anilines is 2. The third kappa shape index (κ3) is 5.02. The molecule has 6 rings (SSSR count). The molecule has 2 aliphatic rings. The number of nitrogen functional groups attached to an aromatic ring is 1. The summed E-state index contributed by atoms with van der Waals surface area (Å²) in [7, 11) is 1.80. The normalized spacial score (nSPS) is 19.6. The van der Waals surface area contributed by atoms with E-state index >= 15 is 4.39 Å². The summed E-state index contributed by atoms with van der Waals surface area (Å²) < 4.78 is 50.8. The zero-order chi connectivity index (χ0) is 29.0. The van der Waals surface area contributed by atoms with Gasteiger partial charge in [0.15, 0.2) is 10.9 Å². The van der Waals surface area contributed by atoms with E-state index in [0.717, 1.165) is 11.3 Å². The Bertz CT molecular complexity index is 1700. The Balaban J connectivity index is 1.42. The van der Waals surface area contributed by atoms with Gasteiger partial charge in [0.25, 0.3) is 0 Å². The molecule has 41 heavy (non-hydrogen) atoms. The van der Waals surface area contributed by atoms with Crippen LogP contribution >= 0.6 is 22.9 Å². The molecule has 2 fully saturated rings. The van der Waals surface area contributed by atoms with E-state index in [-0.39, 0.29) is 78.8 Å². The number of carbonyl (C=O) groups excluding carboxylic acids is 1. The van der Waals surface area contributed by atoms with Crippen molar-refractivity contribution in [2.24, 2.45) is 0 Å². The van der Waals surface area contributed by atoms with Crippen molar-refractivity contribution in [3.8, 4) is 17.1 Å². The Morgan fingerprint density at radius 3 is 2.76 bits per heavy atom. The van der Waals surface area contributed by atoms with Crippen LogP contribution in [0, 0.1) is 11.6 Å². The lowest BCUT2D eigenvalue weighted by Gasteiger charge is -2.39. The van der Waals surface area contributed by atoms with Crippen molar-refractivity contribution < 1.29 is 22.7 Å². The average Bonchev–Trinajstić information content (AvgIpc) is 3.46. The summed E-state index contributed by atoms with van der Waals surface area (Å²) in [5.41, 5.74) is 6.17. The largest absolute Gasteiger partial charge is 0.462 e. The van der Waals surface area contributed by atoms with Crippen LogP contribution in [-0.4, -0.2) is 82.2 Å². The second kappa shape index (κ2) is 10.6. The topological polar surface area (TPSA) is 110 Å². The molecule has 0 spiro atoms. The molecule has 2 saturated heterocycles. The van der Waals surface area contributed by atoms with Crippen molar-refractivity contribution in [3.63, 3.8) is 0 Å². The van der Waals surface area contributed by atoms with Crippen molar-refractivity contribution in [3.05, 3.63) is 47.5 Å². The van der Waals surface area contributed by atoms with Gasteiger partial charge in [-0.2, -0.15) is 9.97 Å². The number of likely N-dealkylation sites (N-methyl/N-ethyl adjacent to an activating group) is 1. The highest BCUT2D eigenvalue weighted by atomic mass is 35.5. The molecule has 2 aromatic heterocycles. The minimum Gasteiger partial charge on any atom is -0.462 e. The number of fused-ring (bicyclic) bond motifs is 2. The van der Waals surface area contributed by atoms with Gasteiger partial charge in [0, 0.05) is 42.2 Å². The van der Waals surface area contributed by atoms with E-state index in [1.807, 2.05) is 4.90 Å². The number of likely N-dealkylation sites (tertiary alicyclic amines) is 2. The van der Waals surface area contributed by atoms with Crippen molar-refractivity contribution in [1.29, 1.82) is 0 Å². The van der Waals surface area contributed by atoms with Gasteiger partial charge in [-0.05, 0) is 37.7 Å². The summed E-state index contributed by atoms with van der Waals surface area (Å²) in [6, 6.07) is 3.65. The molecule has 0 bridgehead atoms. The summed E-state index contributed by atoms with van der Waals surface area (Å²) in [6.07, 6.45) is 0.580. The van der Waals surface area contributed by atoms with Crippen LogP contribution in [0.15, 0.2) is 30.9 Å². The molecule has 0 aliphatic carbocycles. The first-order valence-electron chi connectivity index (χ1n) is 12.8. The zero-order valence-electron chi connectivity index (χ0n) is 21.8. The number of rotatable bonds is 7. The molecule has 3 N–H and O–H groups in total. The minimum atomic E-state index is -0.961. The van der Waals surface area contributed by atoms with Crippen LogP contribution in [0.1, 0.15) is 6.42 Å². The van der Waals surface area contributed by atoms with Gasteiger partial charge in [-0.25, -0.2) is 18.2 Å². The molecule has 1 amide bonds. The van der Waals surface area contributed by atoms with Crippen LogP contribution in [0.3, 0.4) is 0 Å². The smallest absolute Gasteiger partial charge is 0.319 e. The molecule has 0 saturated carbocycles. The van der Waals surface area contributed by atoms with Gasteiger partial charge in [-0.3, -0.25) is 9.69 Å². The van der Waals surface area contributed by atoms with Crippen molar-refractivity contribution in [2.75, 3.05) is 44.3 Å². The van der Waals surface area contributed by atoms with E-state index in [0.29, 0.717) is 26.1 Å². The van der Waals surface area contributed by atoms with Crippen molar-refractivity contribution in [2.45, 2.75) is 24.7 Å². The number of amides is 1. The van der Waals surface area contributed by atoms with E-state index in [9.17, 15) is 13.6 Å². The average molecular weight is 604 g/mol. The standard InChI is InChI=1S/C27H25ClF3N7O2S/c1-3-19(39)38-9-13(10-38)33-25-16-7-17(28)20(15-4-5-18(30)24-23(15)34-26(32)41-24)21(31)22(16)35-27(36-25)40-11-14-6-12(29)8-37(14)2/h3-5,7,12-14H,1,6,8-11H2,2H3,(H2,32,34)(H,33,35,36). The fourth-order valence-corrected chi connectivity index (χ4v) is 6.30. The summed E-state index contributed by atoms with van der Waals surface area (Å²) in [4.78, 5) is 28.4. The Morgan fingerprint density at radius 2 is 2.05 bits per heavy atom.